The lowest BCUT2D eigenvalue weighted by atomic mass is 10.1. The molecule has 0 atom stereocenters. The molecule has 3 aromatic rings. The van der Waals surface area contributed by atoms with Gasteiger partial charge in [0.05, 0.1) is 29.4 Å². The first-order chi connectivity index (χ1) is 17.8. The number of ether oxygens (including phenoxy) is 3. The molecule has 1 saturated heterocycles. The number of para-hydroxylation sites is 1. The van der Waals surface area contributed by atoms with Crippen molar-refractivity contribution in [2.24, 2.45) is 0 Å². The summed E-state index contributed by atoms with van der Waals surface area (Å²) in [6.45, 7) is 6.19. The fourth-order valence-corrected chi connectivity index (χ4v) is 5.91. The molecule has 37 heavy (non-hydrogen) atoms. The lowest BCUT2D eigenvalue weighted by Crippen LogP contribution is -2.37. The Morgan fingerprint density at radius 2 is 1.76 bits per heavy atom. The van der Waals surface area contributed by atoms with Crippen molar-refractivity contribution < 1.29 is 18.8 Å². The summed E-state index contributed by atoms with van der Waals surface area (Å²) in [6.07, 6.45) is 3.76. The number of nitrogens with one attached hydrogen (secondary N) is 2. The third-order valence-electron chi connectivity index (χ3n) is 6.51. The minimum atomic E-state index is -2.52. The number of benzene rings is 2. The van der Waals surface area contributed by atoms with Crippen LogP contribution in [-0.2, 0) is 9.30 Å². The van der Waals surface area contributed by atoms with Crippen LogP contribution in [0.2, 0.25) is 5.02 Å². The second-order valence-electron chi connectivity index (χ2n) is 9.42. The first kappa shape index (κ1) is 25.6. The van der Waals surface area contributed by atoms with Gasteiger partial charge in [0, 0.05) is 25.5 Å². The molecule has 1 aromatic heterocycles. The number of aromatic nitrogens is 2. The van der Waals surface area contributed by atoms with Crippen LogP contribution in [-0.4, -0.2) is 62.8 Å². The molecule has 2 aliphatic heterocycles. The summed E-state index contributed by atoms with van der Waals surface area (Å²) in [6, 6.07) is 11.4. The maximum absolute atomic E-state index is 12.8. The number of piperidine rings is 1. The molecular formula is C26H31ClN5O4P. The van der Waals surface area contributed by atoms with Crippen LogP contribution in [0, 0.1) is 0 Å². The number of methoxy groups -OCH3 is 1. The number of halogens is 1. The molecule has 0 radical (unpaired) electrons. The van der Waals surface area contributed by atoms with Gasteiger partial charge in [-0.2, -0.15) is 4.98 Å². The van der Waals surface area contributed by atoms with Crippen molar-refractivity contribution in [3.8, 4) is 11.5 Å². The first-order valence-corrected chi connectivity index (χ1v) is 15.2. The zero-order valence-corrected chi connectivity index (χ0v) is 22.8. The van der Waals surface area contributed by atoms with Gasteiger partial charge in [-0.15, -0.1) is 0 Å². The number of anilines is 5. The van der Waals surface area contributed by atoms with Gasteiger partial charge < -0.3 is 34.3 Å². The summed E-state index contributed by atoms with van der Waals surface area (Å²) in [4.78, 5) is 11.3. The smallest absolute Gasteiger partial charge is 0.229 e. The maximum Gasteiger partial charge on any atom is 0.229 e. The minimum Gasteiger partial charge on any atom is -0.484 e. The van der Waals surface area contributed by atoms with Gasteiger partial charge in [-0.1, -0.05) is 23.7 Å². The van der Waals surface area contributed by atoms with Crippen molar-refractivity contribution >= 4 is 52.9 Å². The Hall–Kier alpha value is -3.00. The van der Waals surface area contributed by atoms with E-state index in [2.05, 4.69) is 25.5 Å². The number of hydrogen-bond acceptors (Lipinski definition) is 9. The molecule has 0 saturated carbocycles. The topological polar surface area (TPSA) is 97.8 Å². The van der Waals surface area contributed by atoms with Gasteiger partial charge in [-0.3, -0.25) is 0 Å². The molecular weight excluding hydrogens is 513 g/mol. The van der Waals surface area contributed by atoms with E-state index in [1.54, 1.807) is 20.4 Å². The second-order valence-corrected chi connectivity index (χ2v) is 13.0. The van der Waals surface area contributed by atoms with Crippen LogP contribution in [0.5, 0.6) is 11.5 Å². The van der Waals surface area contributed by atoms with E-state index < -0.39 is 7.14 Å². The molecule has 3 heterocycles. The molecule has 2 aliphatic rings. The normalized spacial score (nSPS) is 15.9. The molecule has 1 fully saturated rings. The average molecular weight is 544 g/mol. The zero-order chi connectivity index (χ0) is 26.0. The van der Waals surface area contributed by atoms with Crippen LogP contribution in [0.25, 0.3) is 0 Å². The first-order valence-electron chi connectivity index (χ1n) is 12.2. The molecule has 5 rings (SSSR count). The molecule has 0 unspecified atom stereocenters. The highest BCUT2D eigenvalue weighted by Crippen LogP contribution is 2.46. The van der Waals surface area contributed by atoms with Gasteiger partial charge in [-0.25, -0.2) is 4.98 Å². The number of fused-ring (bicyclic) bond motifs is 1. The predicted molar refractivity (Wildman–Crippen MR) is 149 cm³/mol. The Bertz CT molecular complexity index is 1330. The van der Waals surface area contributed by atoms with E-state index in [-0.39, 0.29) is 0 Å². The van der Waals surface area contributed by atoms with Crippen LogP contribution in [0.15, 0.2) is 42.6 Å². The Balaban J connectivity index is 1.41. The van der Waals surface area contributed by atoms with Gasteiger partial charge in [0.15, 0.2) is 17.3 Å². The van der Waals surface area contributed by atoms with Gasteiger partial charge in [0.1, 0.15) is 25.4 Å². The maximum atomic E-state index is 12.8. The molecule has 9 nitrogen and oxygen atoms in total. The summed E-state index contributed by atoms with van der Waals surface area (Å²) < 4.78 is 30.4. The van der Waals surface area contributed by atoms with Gasteiger partial charge in [0.2, 0.25) is 5.95 Å². The average Bonchev–Trinajstić information content (AvgIpc) is 2.90. The predicted octanol–water partition coefficient (Wildman–Crippen LogP) is 5.25. The highest BCUT2D eigenvalue weighted by Gasteiger charge is 2.27. The monoisotopic (exact) mass is 543 g/mol. The van der Waals surface area contributed by atoms with Crippen molar-refractivity contribution in [1.29, 1.82) is 0 Å². The molecule has 0 spiro atoms. The standard InChI is InChI=1S/C26H31ClN5O4P/c1-34-17-10-12-32(13-11-17)21-9-8-20(23-24(21)36-15-14-35-23)30-26-28-16-18(27)25(31-26)29-19-6-4-5-7-22(19)37(2,3)33/h4-9,16-17H,10-15H2,1-3H3,(H2,28,29,30,31). The summed E-state index contributed by atoms with van der Waals surface area (Å²) in [5, 5.41) is 7.56. The molecule has 2 aromatic carbocycles. The van der Waals surface area contributed by atoms with Crippen LogP contribution in [0.3, 0.4) is 0 Å². The molecule has 0 bridgehead atoms. The molecule has 0 amide bonds. The van der Waals surface area contributed by atoms with Crippen LogP contribution >= 0.6 is 18.7 Å². The quantitative estimate of drug-likeness (QED) is 0.387. The van der Waals surface area contributed by atoms with Crippen molar-refractivity contribution in [2.75, 3.05) is 62.3 Å². The summed E-state index contributed by atoms with van der Waals surface area (Å²) >= 11 is 6.42. The van der Waals surface area contributed by atoms with E-state index in [1.165, 1.54) is 6.20 Å². The van der Waals surface area contributed by atoms with Crippen LogP contribution < -0.4 is 30.3 Å². The SMILES string of the molecule is COC1CCN(c2ccc(Nc3ncc(Cl)c(Nc4ccccc4P(C)(C)=O)n3)c3c2OCCO3)CC1. The Kier molecular flexibility index (Phi) is 7.47. The highest BCUT2D eigenvalue weighted by atomic mass is 35.5. The molecule has 2 N–H and O–H groups in total. The summed E-state index contributed by atoms with van der Waals surface area (Å²) in [7, 11) is -0.748. The van der Waals surface area contributed by atoms with E-state index in [0.29, 0.717) is 53.2 Å². The third-order valence-corrected chi connectivity index (χ3v) is 8.34. The third kappa shape index (κ3) is 5.64. The molecule has 196 valence electrons. The van der Waals surface area contributed by atoms with E-state index in [0.717, 1.165) is 42.7 Å². The van der Waals surface area contributed by atoms with E-state index in [9.17, 15) is 4.57 Å². The summed E-state index contributed by atoms with van der Waals surface area (Å²) in [5.41, 5.74) is 2.40. The van der Waals surface area contributed by atoms with Crippen LogP contribution in [0.4, 0.5) is 28.8 Å². The lowest BCUT2D eigenvalue weighted by molar-refractivity contribution is 0.0816. The number of nitrogens with zero attached hydrogens (tertiary/aromatic N) is 3. The summed E-state index contributed by atoms with van der Waals surface area (Å²) in [5.74, 6) is 2.10. The Morgan fingerprint density at radius 3 is 2.49 bits per heavy atom. The fourth-order valence-electron chi connectivity index (χ4n) is 4.61. The Labute approximate surface area is 221 Å². The van der Waals surface area contributed by atoms with E-state index >= 15 is 0 Å². The van der Waals surface area contributed by atoms with Crippen molar-refractivity contribution in [3.63, 3.8) is 0 Å². The highest BCUT2D eigenvalue weighted by molar-refractivity contribution is 7.70. The molecule has 11 heteroatoms. The fraction of sp³-hybridized carbons (Fsp3) is 0.385. The number of hydrogen-bond donors (Lipinski definition) is 2. The lowest BCUT2D eigenvalue weighted by Gasteiger charge is -2.35. The van der Waals surface area contributed by atoms with Gasteiger partial charge in [0.25, 0.3) is 0 Å². The Morgan fingerprint density at radius 1 is 1.03 bits per heavy atom. The number of rotatable bonds is 7. The van der Waals surface area contributed by atoms with Crippen molar-refractivity contribution in [2.45, 2.75) is 18.9 Å². The van der Waals surface area contributed by atoms with E-state index in [4.69, 9.17) is 25.8 Å². The van der Waals surface area contributed by atoms with E-state index in [1.807, 2.05) is 36.4 Å². The van der Waals surface area contributed by atoms with Gasteiger partial charge in [-0.05, 0) is 50.4 Å². The minimum absolute atomic E-state index is 0.295. The molecule has 0 aliphatic carbocycles. The largest absolute Gasteiger partial charge is 0.484 e. The van der Waals surface area contributed by atoms with Crippen LogP contribution in [0.1, 0.15) is 12.8 Å². The van der Waals surface area contributed by atoms with Crippen molar-refractivity contribution in [3.05, 3.63) is 47.6 Å². The zero-order valence-electron chi connectivity index (χ0n) is 21.2. The van der Waals surface area contributed by atoms with Gasteiger partial charge >= 0.3 is 0 Å². The van der Waals surface area contributed by atoms with Crippen molar-refractivity contribution in [1.82, 2.24) is 9.97 Å². The second kappa shape index (κ2) is 10.8.